The summed E-state index contributed by atoms with van der Waals surface area (Å²) in [5, 5.41) is 0.773. The SMILES string of the molecule is C[Si](C)(C)SC1CCCCCC1=NC1CC1. The van der Waals surface area contributed by atoms with Crippen molar-refractivity contribution in [3.63, 3.8) is 0 Å². The number of nitrogens with zero attached hydrogens (tertiary/aromatic N) is 1. The molecule has 2 fully saturated rings. The van der Waals surface area contributed by atoms with Gasteiger partial charge >= 0.3 is 0 Å². The fourth-order valence-corrected chi connectivity index (χ4v) is 7.05. The molecule has 0 N–H and O–H groups in total. The molecule has 16 heavy (non-hydrogen) atoms. The van der Waals surface area contributed by atoms with Crippen molar-refractivity contribution in [3.8, 4) is 0 Å². The maximum absolute atomic E-state index is 4.99. The molecule has 1 unspecified atom stereocenters. The predicted octanol–water partition coefficient (Wildman–Crippen LogP) is 4.49. The summed E-state index contributed by atoms with van der Waals surface area (Å²) in [5.74, 6) is 0. The molecule has 0 aliphatic heterocycles. The van der Waals surface area contributed by atoms with Crippen LogP contribution in [0.15, 0.2) is 4.99 Å². The molecule has 0 aromatic carbocycles. The van der Waals surface area contributed by atoms with E-state index < -0.39 is 7.22 Å². The van der Waals surface area contributed by atoms with Crippen LogP contribution in [0.25, 0.3) is 0 Å². The normalized spacial score (nSPS) is 30.4. The third-order valence-corrected chi connectivity index (χ3v) is 7.64. The first-order valence-electron chi connectivity index (χ1n) is 6.79. The molecule has 2 aliphatic rings. The van der Waals surface area contributed by atoms with E-state index in [0.29, 0.717) is 0 Å². The molecule has 0 heterocycles. The van der Waals surface area contributed by atoms with Crippen LogP contribution in [0.2, 0.25) is 19.6 Å². The highest BCUT2D eigenvalue weighted by molar-refractivity contribution is 8.29. The monoisotopic (exact) mass is 255 g/mol. The standard InChI is InChI=1S/C13H25NSSi/c1-16(2,3)15-13-8-6-4-5-7-12(13)14-11-9-10-11/h11,13H,4-10H2,1-3H3. The number of aliphatic imine (C=N–C) groups is 1. The Labute approximate surface area is 105 Å². The van der Waals surface area contributed by atoms with E-state index in [0.717, 1.165) is 11.3 Å². The maximum Gasteiger partial charge on any atom is 0.109 e. The Kier molecular flexibility index (Phi) is 4.17. The van der Waals surface area contributed by atoms with Gasteiger partial charge in [0.05, 0.1) is 6.04 Å². The summed E-state index contributed by atoms with van der Waals surface area (Å²) in [6.07, 6.45) is 9.62. The van der Waals surface area contributed by atoms with E-state index in [1.165, 1.54) is 44.9 Å². The summed E-state index contributed by atoms with van der Waals surface area (Å²) in [6.45, 7) is 7.41. The lowest BCUT2D eigenvalue weighted by atomic mass is 10.1. The molecule has 1 atom stereocenters. The third kappa shape index (κ3) is 4.25. The second-order valence-electron chi connectivity index (χ2n) is 6.17. The minimum absolute atomic E-state index is 0.720. The molecule has 0 aromatic rings. The van der Waals surface area contributed by atoms with Crippen LogP contribution in [0.1, 0.15) is 44.9 Å². The first-order valence-corrected chi connectivity index (χ1v) is 11.9. The molecule has 0 amide bonds. The first kappa shape index (κ1) is 12.7. The minimum atomic E-state index is -1.00. The van der Waals surface area contributed by atoms with Crippen molar-refractivity contribution in [1.29, 1.82) is 0 Å². The number of rotatable bonds is 3. The summed E-state index contributed by atoms with van der Waals surface area (Å²) in [7, 11) is -1.00. The lowest BCUT2D eigenvalue weighted by molar-refractivity contribution is 0.706. The zero-order valence-corrected chi connectivity index (χ0v) is 12.8. The Hall–Kier alpha value is 0.237. The third-order valence-electron chi connectivity index (χ3n) is 3.16. The van der Waals surface area contributed by atoms with Crippen molar-refractivity contribution < 1.29 is 0 Å². The van der Waals surface area contributed by atoms with Gasteiger partial charge in [0.1, 0.15) is 7.22 Å². The second-order valence-corrected chi connectivity index (χ2v) is 15.6. The van der Waals surface area contributed by atoms with Crippen LogP contribution < -0.4 is 0 Å². The van der Waals surface area contributed by atoms with E-state index in [1.54, 1.807) is 5.71 Å². The maximum atomic E-state index is 4.99. The van der Waals surface area contributed by atoms with Gasteiger partial charge in [0.2, 0.25) is 0 Å². The highest BCUT2D eigenvalue weighted by Crippen LogP contribution is 2.34. The van der Waals surface area contributed by atoms with Gasteiger partial charge in [0.25, 0.3) is 0 Å². The molecule has 3 heteroatoms. The number of hydrogen-bond acceptors (Lipinski definition) is 2. The Bertz CT molecular complexity index is 266. The van der Waals surface area contributed by atoms with Gasteiger partial charge in [-0.25, -0.2) is 0 Å². The molecule has 1 nitrogen and oxygen atoms in total. The van der Waals surface area contributed by atoms with Crippen LogP contribution in [0.3, 0.4) is 0 Å². The molecule has 2 rings (SSSR count). The van der Waals surface area contributed by atoms with Gasteiger partial charge in [-0.15, -0.1) is 0 Å². The van der Waals surface area contributed by atoms with Crippen molar-refractivity contribution >= 4 is 24.1 Å². The lowest BCUT2D eigenvalue weighted by Crippen LogP contribution is -2.26. The topological polar surface area (TPSA) is 12.4 Å². The van der Waals surface area contributed by atoms with Crippen LogP contribution >= 0.6 is 11.2 Å². The fraction of sp³-hybridized carbons (Fsp3) is 0.923. The van der Waals surface area contributed by atoms with Crippen LogP contribution in [-0.2, 0) is 0 Å². The Morgan fingerprint density at radius 3 is 2.44 bits per heavy atom. The second kappa shape index (κ2) is 5.26. The van der Waals surface area contributed by atoms with Crippen molar-refractivity contribution in [2.75, 3.05) is 0 Å². The van der Waals surface area contributed by atoms with Crippen molar-refractivity contribution in [3.05, 3.63) is 0 Å². The van der Waals surface area contributed by atoms with E-state index in [4.69, 9.17) is 4.99 Å². The summed E-state index contributed by atoms with van der Waals surface area (Å²) in [5.41, 5.74) is 1.58. The fourth-order valence-electron chi connectivity index (χ4n) is 2.28. The van der Waals surface area contributed by atoms with E-state index in [2.05, 4.69) is 30.9 Å². The highest BCUT2D eigenvalue weighted by Gasteiger charge is 2.28. The Morgan fingerprint density at radius 1 is 1.06 bits per heavy atom. The van der Waals surface area contributed by atoms with E-state index in [1.807, 2.05) is 0 Å². The molecule has 92 valence electrons. The molecule has 2 aliphatic carbocycles. The molecule has 0 spiro atoms. The van der Waals surface area contributed by atoms with Crippen LogP contribution in [0.5, 0.6) is 0 Å². The van der Waals surface area contributed by atoms with Gasteiger partial charge in [-0.1, -0.05) is 32.5 Å². The van der Waals surface area contributed by atoms with Crippen molar-refractivity contribution in [2.24, 2.45) is 4.99 Å². The zero-order chi connectivity index (χ0) is 11.6. The van der Waals surface area contributed by atoms with Gasteiger partial charge in [0, 0.05) is 11.0 Å². The predicted molar refractivity (Wildman–Crippen MR) is 78.3 cm³/mol. The minimum Gasteiger partial charge on any atom is -0.290 e. The summed E-state index contributed by atoms with van der Waals surface area (Å²) in [6, 6.07) is 0.720. The Morgan fingerprint density at radius 2 is 1.81 bits per heavy atom. The average Bonchev–Trinajstić information content (AvgIpc) is 2.95. The molecule has 2 saturated carbocycles. The molecular formula is C13H25NSSi. The van der Waals surface area contributed by atoms with Crippen LogP contribution in [-0.4, -0.2) is 24.2 Å². The highest BCUT2D eigenvalue weighted by atomic mass is 32.4. The van der Waals surface area contributed by atoms with Gasteiger partial charge < -0.3 is 0 Å². The van der Waals surface area contributed by atoms with Gasteiger partial charge in [-0.2, -0.15) is 11.2 Å². The van der Waals surface area contributed by atoms with Crippen LogP contribution in [0, 0.1) is 0 Å². The quantitative estimate of drug-likeness (QED) is 0.534. The molecule has 0 aromatic heterocycles. The van der Waals surface area contributed by atoms with Crippen molar-refractivity contribution in [1.82, 2.24) is 0 Å². The summed E-state index contributed by atoms with van der Waals surface area (Å²) < 4.78 is 0. The first-order chi connectivity index (χ1) is 7.54. The zero-order valence-electron chi connectivity index (χ0n) is 11.0. The molecular weight excluding hydrogens is 230 g/mol. The van der Waals surface area contributed by atoms with E-state index in [-0.39, 0.29) is 0 Å². The lowest BCUT2D eigenvalue weighted by Gasteiger charge is -2.24. The largest absolute Gasteiger partial charge is 0.290 e. The van der Waals surface area contributed by atoms with Gasteiger partial charge in [0.15, 0.2) is 0 Å². The van der Waals surface area contributed by atoms with E-state index in [9.17, 15) is 0 Å². The Balaban J connectivity index is 2.03. The molecule has 0 radical (unpaired) electrons. The summed E-state index contributed by atoms with van der Waals surface area (Å²) in [4.78, 5) is 4.99. The van der Waals surface area contributed by atoms with Crippen LogP contribution in [0.4, 0.5) is 0 Å². The van der Waals surface area contributed by atoms with Gasteiger partial charge in [-0.3, -0.25) is 4.99 Å². The smallest absolute Gasteiger partial charge is 0.109 e. The van der Waals surface area contributed by atoms with E-state index >= 15 is 0 Å². The number of hydrogen-bond donors (Lipinski definition) is 0. The molecule has 0 saturated heterocycles. The molecule has 0 bridgehead atoms. The van der Waals surface area contributed by atoms with Gasteiger partial charge in [-0.05, 0) is 32.1 Å². The average molecular weight is 256 g/mol. The van der Waals surface area contributed by atoms with Crippen molar-refractivity contribution in [2.45, 2.75) is 75.9 Å². The summed E-state index contributed by atoms with van der Waals surface area (Å²) >= 11 is 2.28.